The van der Waals surface area contributed by atoms with Crippen LogP contribution in [0, 0.1) is 198 Å². The van der Waals surface area contributed by atoms with Gasteiger partial charge in [-0.05, 0) is 0 Å². The van der Waals surface area contributed by atoms with Gasteiger partial charge in [-0.2, -0.15) is 0 Å². The smallest absolute Gasteiger partial charge is 0.170 e. The summed E-state index contributed by atoms with van der Waals surface area (Å²) in [6.07, 6.45) is 0. The zero-order valence-corrected chi connectivity index (χ0v) is 43.5. The molecule has 10 aromatic rings. The molecule has 486 valence electrons. The zero-order valence-electron chi connectivity index (χ0n) is 43.5. The summed E-state index contributed by atoms with van der Waals surface area (Å²) in [7, 11) is 0. The van der Waals surface area contributed by atoms with Gasteiger partial charge in [0.25, 0.3) is 0 Å². The van der Waals surface area contributed by atoms with Gasteiger partial charge in [0.15, 0.2) is 93.1 Å². The Morgan fingerprint density at radius 3 is 0.266 bits per heavy atom. The fourth-order valence-corrected chi connectivity index (χ4v) is 10.1. The predicted molar refractivity (Wildman–Crippen MR) is 254 cm³/mol. The van der Waals surface area contributed by atoms with Crippen molar-refractivity contribution in [3.8, 4) is 100 Å². The van der Waals surface area contributed by atoms with Gasteiger partial charge in [-0.3, -0.25) is 0 Å². The molecular weight excluding hydrogens is 1370 g/mol. The van der Waals surface area contributed by atoms with Crippen molar-refractivity contribution in [1.82, 2.24) is 0 Å². The molecule has 0 aliphatic rings. The number of benzene rings is 10. The molecule has 0 saturated heterocycles. The fourth-order valence-electron chi connectivity index (χ4n) is 10.1. The minimum Gasteiger partial charge on any atom is -0.207 e. The third-order valence-electron chi connectivity index (χ3n) is 14.0. The minimum absolute atomic E-state index is 0.487. The summed E-state index contributed by atoms with van der Waals surface area (Å²) < 4.78 is 544. The number of hydrogen-bond acceptors (Lipinski definition) is 0. The van der Waals surface area contributed by atoms with E-state index in [1.165, 1.54) is 0 Å². The van der Waals surface area contributed by atoms with Crippen LogP contribution in [0.4, 0.5) is 149 Å². The minimum atomic E-state index is -3.98. The van der Waals surface area contributed by atoms with E-state index in [1.54, 1.807) is 0 Å². The van der Waals surface area contributed by atoms with Crippen molar-refractivity contribution in [1.29, 1.82) is 0 Å². The number of rotatable bonds is 9. The highest BCUT2D eigenvalue weighted by Gasteiger charge is 2.45. The van der Waals surface area contributed by atoms with Gasteiger partial charge in [0.05, 0.1) is 100 Å². The highest BCUT2D eigenvalue weighted by atomic mass is 19.2. The third kappa shape index (κ3) is 9.78. The lowest BCUT2D eigenvalue weighted by atomic mass is 9.84. The second-order valence-electron chi connectivity index (χ2n) is 19.1. The Balaban J connectivity index is 1.45. The molecule has 0 nitrogen and oxygen atoms in total. The van der Waals surface area contributed by atoms with Gasteiger partial charge >= 0.3 is 0 Å². The fraction of sp³-hybridized carbons (Fsp3) is 0. The van der Waals surface area contributed by atoms with Crippen LogP contribution in [0.1, 0.15) is 0 Å². The average molecular weight is 1370 g/mol. The summed E-state index contributed by atoms with van der Waals surface area (Å²) in [5.74, 6) is -109. The molecule has 0 aliphatic heterocycles. The van der Waals surface area contributed by atoms with Crippen LogP contribution in [0.3, 0.4) is 0 Å². The summed E-state index contributed by atoms with van der Waals surface area (Å²) in [5.41, 5.74) is -56.3. The topological polar surface area (TPSA) is 0 Å². The van der Waals surface area contributed by atoms with Crippen molar-refractivity contribution >= 4 is 0 Å². The molecule has 0 bridgehead atoms. The molecule has 0 N–H and O–H groups in total. The molecule has 0 amide bonds. The first-order chi connectivity index (χ1) is 43.8. The van der Waals surface area contributed by atoms with E-state index in [0.29, 0.717) is 0 Å². The maximum Gasteiger partial charge on any atom is 0.170 e. The van der Waals surface area contributed by atoms with Gasteiger partial charge in [0, 0.05) is 48.5 Å². The maximum atomic E-state index is 17.8. The van der Waals surface area contributed by atoms with Crippen LogP contribution in [0.15, 0.2) is 48.5 Å². The van der Waals surface area contributed by atoms with Crippen LogP contribution in [0.25, 0.3) is 100 Å². The van der Waals surface area contributed by atoms with Crippen LogP contribution in [0.2, 0.25) is 0 Å². The number of hydrogen-bond donors (Lipinski definition) is 0. The summed E-state index contributed by atoms with van der Waals surface area (Å²) in [5, 5.41) is 0. The second kappa shape index (κ2) is 23.4. The summed E-state index contributed by atoms with van der Waals surface area (Å²) in [6, 6.07) is -3.90. The van der Waals surface area contributed by atoms with Crippen molar-refractivity contribution in [3.63, 3.8) is 0 Å². The Hall–Kier alpha value is -10.2. The van der Waals surface area contributed by atoms with Crippen molar-refractivity contribution < 1.29 is 149 Å². The molecule has 94 heavy (non-hydrogen) atoms. The van der Waals surface area contributed by atoms with E-state index < -0.39 is 346 Å². The molecule has 0 aromatic heterocycles. The van der Waals surface area contributed by atoms with Crippen molar-refractivity contribution in [2.24, 2.45) is 0 Å². The Bertz CT molecular complexity index is 4240. The largest absolute Gasteiger partial charge is 0.207 e. The Morgan fingerprint density at radius 2 is 0.170 bits per heavy atom. The first kappa shape index (κ1) is 66.7. The van der Waals surface area contributed by atoms with Crippen molar-refractivity contribution in [2.75, 3.05) is 0 Å². The third-order valence-corrected chi connectivity index (χ3v) is 14.0. The van der Waals surface area contributed by atoms with Gasteiger partial charge in [-0.25, -0.2) is 149 Å². The van der Waals surface area contributed by atoms with Gasteiger partial charge in [0.1, 0.15) is 105 Å². The van der Waals surface area contributed by atoms with E-state index in [9.17, 15) is 52.7 Å². The summed E-state index contributed by atoms with van der Waals surface area (Å²) in [4.78, 5) is 0. The van der Waals surface area contributed by atoms with Gasteiger partial charge < -0.3 is 0 Å². The molecule has 0 spiro atoms. The first-order valence-electron chi connectivity index (χ1n) is 24.3. The summed E-state index contributed by atoms with van der Waals surface area (Å²) >= 11 is 0. The lowest BCUT2D eigenvalue weighted by Crippen LogP contribution is -2.15. The molecule has 0 radical (unpaired) electrons. The lowest BCUT2D eigenvalue weighted by Gasteiger charge is -2.23. The SMILES string of the molecule is Fc1cc(F)c(-c2c(F)c(F)c(-c3c(F)c(-c4c(F)c(F)c(-c5c(F)cc(F)cc5F)c(F)c4F)c(F)c(-c4c(F)c(-c5c(F)c(F)c(-c6c(F)cc(F)cc6F)c(F)c5F)c(F)c(-c5c(F)c(F)c(-c6c(F)cc(F)cc6F)c(F)c5F)c4F)c3F)c(F)c2F)c(F)c1. The van der Waals surface area contributed by atoms with Crippen LogP contribution in [0.5, 0.6) is 0 Å². The van der Waals surface area contributed by atoms with Crippen LogP contribution in [-0.4, -0.2) is 0 Å². The molecule has 10 aromatic carbocycles. The molecule has 0 atom stereocenters. The molecule has 0 fully saturated rings. The van der Waals surface area contributed by atoms with E-state index in [-0.39, 0.29) is 0 Å². The zero-order chi connectivity index (χ0) is 69.7. The van der Waals surface area contributed by atoms with Crippen molar-refractivity contribution in [2.45, 2.75) is 0 Å². The molecule has 34 heteroatoms. The highest BCUT2D eigenvalue weighted by Crippen LogP contribution is 2.54. The Kier molecular flexibility index (Phi) is 16.6. The van der Waals surface area contributed by atoms with Crippen LogP contribution < -0.4 is 0 Å². The standard InChI is InChI=1S/C60H8F34/c61-9-1-13(65)21(14(66)2-9)25-45(79)53(87)35(54(88)46(25)80)31-39(73)29(40(74)32(43(31)77)36-55(89)47(81)26(48(82)56(36)90)22-15(67)3-10(62)4-16(22)68)30-41(75)33(37-57(91)49(83)27(50(84)58(37)92)23-17(69)5-11(63)6-18(23)70)44(78)34(42(30)76)38-59(93)51(85)28(52(86)60(38)94)24-19(71)7-12(64)8-20(24)72/h1-8H. The predicted octanol–water partition coefficient (Wildman–Crippen LogP) is 21.4. The van der Waals surface area contributed by atoms with Crippen LogP contribution >= 0.6 is 0 Å². The van der Waals surface area contributed by atoms with Gasteiger partial charge in [0.2, 0.25) is 0 Å². The normalized spacial score (nSPS) is 11.7. The Labute approximate surface area is 495 Å². The van der Waals surface area contributed by atoms with Crippen LogP contribution in [-0.2, 0) is 0 Å². The lowest BCUT2D eigenvalue weighted by molar-refractivity contribution is 0.452. The molecule has 0 unspecified atom stereocenters. The van der Waals surface area contributed by atoms with E-state index in [0.717, 1.165) is 0 Å². The molecule has 0 aliphatic carbocycles. The van der Waals surface area contributed by atoms with E-state index in [4.69, 9.17) is 0 Å². The van der Waals surface area contributed by atoms with E-state index in [1.807, 2.05) is 0 Å². The monoisotopic (exact) mass is 1370 g/mol. The average Bonchev–Trinajstić information content (AvgIpc) is 0.710. The van der Waals surface area contributed by atoms with Gasteiger partial charge in [-0.1, -0.05) is 0 Å². The Morgan fingerprint density at radius 1 is 0.0957 bits per heavy atom. The summed E-state index contributed by atoms with van der Waals surface area (Å²) in [6.45, 7) is 0. The second-order valence-corrected chi connectivity index (χ2v) is 19.1. The van der Waals surface area contributed by atoms with Crippen molar-refractivity contribution in [3.05, 3.63) is 246 Å². The highest BCUT2D eigenvalue weighted by molar-refractivity contribution is 5.92. The van der Waals surface area contributed by atoms with Gasteiger partial charge in [-0.15, -0.1) is 0 Å². The molecule has 0 saturated carbocycles. The first-order valence-corrected chi connectivity index (χ1v) is 24.3. The molecule has 10 rings (SSSR count). The van der Waals surface area contributed by atoms with E-state index in [2.05, 4.69) is 0 Å². The molecular formula is C60H8F34. The number of halogens is 34. The molecule has 0 heterocycles. The quantitative estimate of drug-likeness (QED) is 0.0998. The van der Waals surface area contributed by atoms with E-state index >= 15 is 96.6 Å². The maximum absolute atomic E-state index is 17.8.